The quantitative estimate of drug-likeness (QED) is 0.266. The molecule has 0 saturated heterocycles. The van der Waals surface area contributed by atoms with Gasteiger partial charge in [0.15, 0.2) is 5.75 Å². The molecule has 0 spiro atoms. The normalized spacial score (nSPS) is 12.1. The molecule has 0 aliphatic carbocycles. The molecule has 3 N–H and O–H groups in total. The van der Waals surface area contributed by atoms with E-state index in [0.717, 1.165) is 28.5 Å². The van der Waals surface area contributed by atoms with E-state index in [1.807, 2.05) is 26.0 Å². The average Bonchev–Trinajstić information content (AvgIpc) is 3.21. The van der Waals surface area contributed by atoms with Crippen LogP contribution < -0.4 is 10.8 Å². The number of nitrogens with two attached hydrogens (primary N) is 1. The SMILES string of the molecule is CC(=Nc1ccc(OON)cc1)c1ccc(C(C)=Nc2ccc([N+](=O)[O-])cc2)[nH]1. The third-order valence-corrected chi connectivity index (χ3v) is 4.10. The second-order valence-electron chi connectivity index (χ2n) is 6.13. The number of nitro benzene ring substituents is 1. The van der Waals surface area contributed by atoms with Gasteiger partial charge < -0.3 is 9.87 Å². The van der Waals surface area contributed by atoms with Gasteiger partial charge in [0.05, 0.1) is 39.1 Å². The maximum Gasteiger partial charge on any atom is 0.269 e. The smallest absolute Gasteiger partial charge is 0.269 e. The van der Waals surface area contributed by atoms with Crippen molar-refractivity contribution in [2.45, 2.75) is 13.8 Å². The molecule has 0 aliphatic rings. The fourth-order valence-corrected chi connectivity index (χ4v) is 2.61. The second kappa shape index (κ2) is 8.91. The van der Waals surface area contributed by atoms with E-state index in [-0.39, 0.29) is 5.69 Å². The van der Waals surface area contributed by atoms with Gasteiger partial charge in [-0.1, -0.05) is 4.99 Å². The molecule has 0 amide bonds. The number of aromatic nitrogens is 1. The zero-order chi connectivity index (χ0) is 20.8. The minimum absolute atomic E-state index is 0.0331. The number of nitrogens with one attached hydrogen (secondary N) is 1. The molecule has 0 saturated carbocycles. The lowest BCUT2D eigenvalue weighted by Gasteiger charge is -2.02. The molecular weight excluding hydrogens is 374 g/mol. The number of H-pyrrole nitrogens is 1. The Kier molecular flexibility index (Phi) is 6.12. The van der Waals surface area contributed by atoms with Crippen LogP contribution in [0.5, 0.6) is 5.75 Å². The van der Waals surface area contributed by atoms with E-state index in [1.54, 1.807) is 36.4 Å². The highest BCUT2D eigenvalue weighted by atomic mass is 17.3. The largest absolute Gasteiger partial charge is 0.353 e. The Labute approximate surface area is 166 Å². The van der Waals surface area contributed by atoms with Gasteiger partial charge in [-0.05, 0) is 62.4 Å². The van der Waals surface area contributed by atoms with Gasteiger partial charge in [0.25, 0.3) is 5.69 Å². The zero-order valence-corrected chi connectivity index (χ0v) is 15.8. The summed E-state index contributed by atoms with van der Waals surface area (Å²) in [5.74, 6) is 5.33. The summed E-state index contributed by atoms with van der Waals surface area (Å²) in [6, 6.07) is 16.9. The van der Waals surface area contributed by atoms with Crippen molar-refractivity contribution in [2.75, 3.05) is 0 Å². The molecule has 148 valence electrons. The third kappa shape index (κ3) is 5.12. The molecule has 0 atom stereocenters. The number of benzene rings is 2. The van der Waals surface area contributed by atoms with Crippen LogP contribution >= 0.6 is 0 Å². The number of hydrogen-bond donors (Lipinski definition) is 2. The van der Waals surface area contributed by atoms with Crippen LogP contribution in [-0.4, -0.2) is 21.3 Å². The van der Waals surface area contributed by atoms with E-state index in [9.17, 15) is 10.1 Å². The molecule has 2 aromatic carbocycles. The molecule has 0 radical (unpaired) electrons. The molecule has 3 aromatic rings. The Balaban J connectivity index is 1.75. The van der Waals surface area contributed by atoms with Crippen molar-refractivity contribution in [3.8, 4) is 5.75 Å². The summed E-state index contributed by atoms with van der Waals surface area (Å²) in [5.41, 5.74) is 4.65. The minimum atomic E-state index is -0.438. The summed E-state index contributed by atoms with van der Waals surface area (Å²) in [5, 5.41) is 10.7. The van der Waals surface area contributed by atoms with Crippen LogP contribution in [-0.2, 0) is 4.99 Å². The predicted molar refractivity (Wildman–Crippen MR) is 110 cm³/mol. The van der Waals surface area contributed by atoms with Crippen LogP contribution in [0, 0.1) is 10.1 Å². The molecule has 1 heterocycles. The molecule has 0 bridgehead atoms. The van der Waals surface area contributed by atoms with Crippen LogP contribution in [0.25, 0.3) is 0 Å². The first-order valence-corrected chi connectivity index (χ1v) is 8.64. The van der Waals surface area contributed by atoms with Gasteiger partial charge >= 0.3 is 0 Å². The van der Waals surface area contributed by atoms with E-state index in [2.05, 4.69) is 20.0 Å². The number of aromatic amines is 1. The van der Waals surface area contributed by atoms with Crippen molar-refractivity contribution >= 4 is 28.5 Å². The first-order valence-electron chi connectivity index (χ1n) is 8.64. The van der Waals surface area contributed by atoms with Crippen LogP contribution in [0.15, 0.2) is 70.6 Å². The number of nitrogens with zero attached hydrogens (tertiary/aromatic N) is 3. The molecule has 9 nitrogen and oxygen atoms in total. The van der Waals surface area contributed by atoms with Crippen molar-refractivity contribution < 1.29 is 14.8 Å². The van der Waals surface area contributed by atoms with Gasteiger partial charge in [-0.15, -0.1) is 0 Å². The van der Waals surface area contributed by atoms with E-state index in [4.69, 9.17) is 10.8 Å². The standard InChI is InChI=1S/C20H19N5O4/c1-13(22-15-3-7-17(8-4-15)25(26)27)19-11-12-20(24-19)14(2)23-16-5-9-18(10-6-16)28-29-21/h3-12,24H,21H2,1-2H3. The number of nitro groups is 1. The summed E-state index contributed by atoms with van der Waals surface area (Å²) in [4.78, 5) is 31.5. The van der Waals surface area contributed by atoms with Crippen molar-refractivity contribution in [3.63, 3.8) is 0 Å². The fraction of sp³-hybridized carbons (Fsp3) is 0.100. The zero-order valence-electron chi connectivity index (χ0n) is 15.8. The minimum Gasteiger partial charge on any atom is -0.353 e. The van der Waals surface area contributed by atoms with Crippen LogP contribution in [0.4, 0.5) is 17.1 Å². The molecule has 0 unspecified atom stereocenters. The molecular formula is C20H19N5O4. The topological polar surface area (TPSA) is 128 Å². The Hall–Kier alpha value is -3.82. The monoisotopic (exact) mass is 393 g/mol. The van der Waals surface area contributed by atoms with E-state index >= 15 is 0 Å². The highest BCUT2D eigenvalue weighted by Gasteiger charge is 2.07. The van der Waals surface area contributed by atoms with Crippen molar-refractivity contribution in [2.24, 2.45) is 15.9 Å². The van der Waals surface area contributed by atoms with Crippen molar-refractivity contribution in [1.29, 1.82) is 0 Å². The highest BCUT2D eigenvalue weighted by molar-refractivity contribution is 6.03. The third-order valence-electron chi connectivity index (χ3n) is 4.10. The lowest BCUT2D eigenvalue weighted by molar-refractivity contribution is -0.384. The summed E-state index contributed by atoms with van der Waals surface area (Å²) >= 11 is 0. The van der Waals surface area contributed by atoms with Crippen molar-refractivity contribution in [3.05, 3.63) is 82.2 Å². The Bertz CT molecular complexity index is 1050. The van der Waals surface area contributed by atoms with Gasteiger partial charge in [0.2, 0.25) is 0 Å². The number of non-ortho nitro benzene ring substituents is 1. The molecule has 3 rings (SSSR count). The Morgan fingerprint density at radius 2 is 1.38 bits per heavy atom. The van der Waals surface area contributed by atoms with Gasteiger partial charge in [0, 0.05) is 12.1 Å². The van der Waals surface area contributed by atoms with Crippen LogP contribution in [0.3, 0.4) is 0 Å². The maximum atomic E-state index is 10.7. The Morgan fingerprint density at radius 1 is 0.897 bits per heavy atom. The first kappa shape index (κ1) is 19.9. The number of hydrogen-bond acceptors (Lipinski definition) is 7. The summed E-state index contributed by atoms with van der Waals surface area (Å²) < 4.78 is 0. The summed E-state index contributed by atoms with van der Waals surface area (Å²) in [6.07, 6.45) is 0. The molecule has 0 aliphatic heterocycles. The summed E-state index contributed by atoms with van der Waals surface area (Å²) in [6.45, 7) is 3.76. The first-order chi connectivity index (χ1) is 14.0. The van der Waals surface area contributed by atoms with Gasteiger partial charge in [0.1, 0.15) is 0 Å². The lowest BCUT2D eigenvalue weighted by Crippen LogP contribution is -2.02. The van der Waals surface area contributed by atoms with Gasteiger partial charge in [-0.3, -0.25) is 20.1 Å². The summed E-state index contributed by atoms with van der Waals surface area (Å²) in [7, 11) is 0. The fourth-order valence-electron chi connectivity index (χ4n) is 2.61. The number of rotatable bonds is 7. The van der Waals surface area contributed by atoms with E-state index in [1.165, 1.54) is 12.1 Å². The molecule has 1 aromatic heterocycles. The molecule has 0 fully saturated rings. The van der Waals surface area contributed by atoms with E-state index < -0.39 is 4.92 Å². The highest BCUT2D eigenvalue weighted by Crippen LogP contribution is 2.21. The Morgan fingerprint density at radius 3 is 1.83 bits per heavy atom. The lowest BCUT2D eigenvalue weighted by atomic mass is 10.2. The van der Waals surface area contributed by atoms with Gasteiger partial charge in [-0.25, -0.2) is 0 Å². The van der Waals surface area contributed by atoms with Gasteiger partial charge in [-0.2, -0.15) is 5.90 Å². The predicted octanol–water partition coefficient (Wildman–Crippen LogP) is 4.39. The van der Waals surface area contributed by atoms with Crippen LogP contribution in [0.2, 0.25) is 0 Å². The maximum absolute atomic E-state index is 10.7. The number of aliphatic imine (C=N–C) groups is 2. The van der Waals surface area contributed by atoms with E-state index in [0.29, 0.717) is 11.4 Å². The average molecular weight is 393 g/mol. The molecule has 29 heavy (non-hydrogen) atoms. The molecule has 9 heteroatoms. The van der Waals surface area contributed by atoms with Crippen molar-refractivity contribution in [1.82, 2.24) is 4.98 Å². The second-order valence-corrected chi connectivity index (χ2v) is 6.13. The van der Waals surface area contributed by atoms with Crippen LogP contribution in [0.1, 0.15) is 25.2 Å².